The molecule has 16 heavy (non-hydrogen) atoms. The maximum Gasteiger partial charge on any atom is 0.374 e. The Morgan fingerprint density at radius 1 is 1.25 bits per heavy atom. The Balaban J connectivity index is 4.40. The molecular formula is C11H22O4Si. The molecule has 0 saturated carbocycles. The van der Waals surface area contributed by atoms with E-state index in [0.717, 1.165) is 6.08 Å². The number of hydrogen-bond acceptors (Lipinski definition) is 4. The quantitative estimate of drug-likeness (QED) is 0.392. The van der Waals surface area contributed by atoms with Gasteiger partial charge in [0.15, 0.2) is 0 Å². The summed E-state index contributed by atoms with van der Waals surface area (Å²) in [6.07, 6.45) is 1.43. The number of ether oxygens (including phenoxy) is 1. The highest BCUT2D eigenvalue weighted by Crippen LogP contribution is 2.13. The Morgan fingerprint density at radius 2 is 1.69 bits per heavy atom. The van der Waals surface area contributed by atoms with E-state index in [4.69, 9.17) is 13.6 Å². The van der Waals surface area contributed by atoms with E-state index in [9.17, 15) is 4.79 Å². The highest BCUT2D eigenvalue weighted by Gasteiger charge is 2.35. The van der Waals surface area contributed by atoms with E-state index >= 15 is 0 Å². The Hall–Kier alpha value is -0.653. The minimum absolute atomic E-state index is 0.0536. The predicted octanol–water partition coefficient (Wildman–Crippen LogP) is 2.18. The summed E-state index contributed by atoms with van der Waals surface area (Å²) in [5.74, 6) is -0.446. The van der Waals surface area contributed by atoms with Gasteiger partial charge in [0.2, 0.25) is 0 Å². The van der Waals surface area contributed by atoms with Crippen LogP contribution in [0.4, 0.5) is 0 Å². The van der Waals surface area contributed by atoms with E-state index < -0.39 is 14.5 Å². The van der Waals surface area contributed by atoms with Gasteiger partial charge in [-0.2, -0.15) is 0 Å². The van der Waals surface area contributed by atoms with Crippen molar-refractivity contribution < 1.29 is 18.4 Å². The molecule has 0 heterocycles. The van der Waals surface area contributed by atoms with Gasteiger partial charge in [0.25, 0.3) is 0 Å². The molecule has 5 heteroatoms. The molecule has 0 aliphatic heterocycles. The Morgan fingerprint density at radius 3 is 2.00 bits per heavy atom. The van der Waals surface area contributed by atoms with Gasteiger partial charge in [-0.3, -0.25) is 0 Å². The first kappa shape index (κ1) is 15.3. The molecule has 0 aromatic heterocycles. The number of hydrogen-bond donors (Lipinski definition) is 0. The van der Waals surface area contributed by atoms with Crippen LogP contribution in [0.1, 0.15) is 27.7 Å². The van der Waals surface area contributed by atoms with Gasteiger partial charge >= 0.3 is 14.5 Å². The van der Waals surface area contributed by atoms with E-state index in [0.29, 0.717) is 0 Å². The smallest absolute Gasteiger partial charge is 0.374 e. The van der Waals surface area contributed by atoms with Crippen LogP contribution in [0.3, 0.4) is 0 Å². The van der Waals surface area contributed by atoms with Crippen LogP contribution in [0.5, 0.6) is 0 Å². The summed E-state index contributed by atoms with van der Waals surface area (Å²) in [7, 11) is -2.45. The zero-order valence-corrected chi connectivity index (χ0v) is 11.8. The second-order valence-corrected chi connectivity index (χ2v) is 7.31. The molecule has 94 valence electrons. The van der Waals surface area contributed by atoms with E-state index in [2.05, 4.69) is 6.58 Å². The molecule has 0 saturated heterocycles. The van der Waals surface area contributed by atoms with Crippen LogP contribution in [0.2, 0.25) is 6.55 Å². The first-order valence-electron chi connectivity index (χ1n) is 5.44. The fraction of sp³-hybridized carbons (Fsp3) is 0.727. The second-order valence-electron chi connectivity index (χ2n) is 4.28. The molecule has 0 aliphatic rings. The lowest BCUT2D eigenvalue weighted by atomic mass is 10.5. The van der Waals surface area contributed by atoms with Crippen molar-refractivity contribution in [3.05, 3.63) is 12.7 Å². The van der Waals surface area contributed by atoms with Crippen molar-refractivity contribution in [3.63, 3.8) is 0 Å². The van der Waals surface area contributed by atoms with E-state index in [1.165, 1.54) is 0 Å². The molecule has 0 aromatic rings. The van der Waals surface area contributed by atoms with Crippen molar-refractivity contribution in [2.24, 2.45) is 0 Å². The van der Waals surface area contributed by atoms with Crippen LogP contribution in [-0.4, -0.2) is 33.0 Å². The molecule has 0 amide bonds. The van der Waals surface area contributed by atoms with Gasteiger partial charge in [-0.15, -0.1) is 0 Å². The highest BCUT2D eigenvalue weighted by atomic mass is 28.4. The molecule has 0 rings (SSSR count). The molecule has 0 aromatic carbocycles. The van der Waals surface area contributed by atoms with Gasteiger partial charge in [0.05, 0.1) is 0 Å². The lowest BCUT2D eigenvalue weighted by molar-refractivity contribution is -0.137. The van der Waals surface area contributed by atoms with Crippen molar-refractivity contribution >= 4 is 14.5 Å². The number of carbonyl (C=O) groups excluding carboxylic acids is 1. The molecule has 0 radical (unpaired) electrons. The Bertz CT molecular complexity index is 228. The molecule has 0 spiro atoms. The zero-order chi connectivity index (χ0) is 12.8. The summed E-state index contributed by atoms with van der Waals surface area (Å²) in [5.41, 5.74) is 0. The minimum Gasteiger partial charge on any atom is -0.461 e. The third kappa shape index (κ3) is 6.76. The van der Waals surface area contributed by atoms with Gasteiger partial charge in [-0.1, -0.05) is 6.58 Å². The highest BCUT2D eigenvalue weighted by molar-refractivity contribution is 6.66. The fourth-order valence-electron chi connectivity index (χ4n) is 1.35. The lowest BCUT2D eigenvalue weighted by Crippen LogP contribution is -2.48. The predicted molar refractivity (Wildman–Crippen MR) is 65.2 cm³/mol. The molecule has 0 bridgehead atoms. The number of esters is 1. The van der Waals surface area contributed by atoms with E-state index in [1.54, 1.807) is 0 Å². The van der Waals surface area contributed by atoms with Gasteiger partial charge in [0.1, 0.15) is 6.23 Å². The SMILES string of the molecule is C=CC(=O)OC[Si](C)(OC(C)C)OC(C)C. The monoisotopic (exact) mass is 246 g/mol. The summed E-state index contributed by atoms with van der Waals surface area (Å²) < 4.78 is 16.5. The summed E-state index contributed by atoms with van der Waals surface area (Å²) >= 11 is 0. The average molecular weight is 246 g/mol. The van der Waals surface area contributed by atoms with Crippen LogP contribution < -0.4 is 0 Å². The summed E-state index contributed by atoms with van der Waals surface area (Å²) in [5, 5.41) is 0. The van der Waals surface area contributed by atoms with Crippen LogP contribution in [0.15, 0.2) is 12.7 Å². The largest absolute Gasteiger partial charge is 0.461 e. The molecular weight excluding hydrogens is 224 g/mol. The van der Waals surface area contributed by atoms with E-state index in [1.807, 2.05) is 34.2 Å². The first-order chi connectivity index (χ1) is 7.29. The summed E-state index contributed by atoms with van der Waals surface area (Å²) in [6, 6.07) is 0. The summed E-state index contributed by atoms with van der Waals surface area (Å²) in [4.78, 5) is 11.0. The topological polar surface area (TPSA) is 44.8 Å². The van der Waals surface area contributed by atoms with Crippen LogP contribution in [0.25, 0.3) is 0 Å². The lowest BCUT2D eigenvalue weighted by Gasteiger charge is -2.30. The molecule has 4 nitrogen and oxygen atoms in total. The van der Waals surface area contributed by atoms with Crippen LogP contribution >= 0.6 is 0 Å². The van der Waals surface area contributed by atoms with Crippen molar-refractivity contribution in [1.82, 2.24) is 0 Å². The number of carbonyl (C=O) groups is 1. The van der Waals surface area contributed by atoms with Crippen molar-refractivity contribution in [3.8, 4) is 0 Å². The minimum atomic E-state index is -2.45. The van der Waals surface area contributed by atoms with Crippen LogP contribution in [-0.2, 0) is 18.4 Å². The first-order valence-corrected chi connectivity index (χ1v) is 7.96. The van der Waals surface area contributed by atoms with E-state index in [-0.39, 0.29) is 18.4 Å². The Kier molecular flexibility index (Phi) is 6.55. The maximum absolute atomic E-state index is 11.0. The zero-order valence-electron chi connectivity index (χ0n) is 10.8. The van der Waals surface area contributed by atoms with Crippen molar-refractivity contribution in [1.29, 1.82) is 0 Å². The fourth-order valence-corrected chi connectivity index (χ4v) is 3.94. The van der Waals surface area contributed by atoms with Crippen LogP contribution in [0, 0.1) is 0 Å². The molecule has 0 unspecified atom stereocenters. The second kappa shape index (κ2) is 6.83. The van der Waals surface area contributed by atoms with Gasteiger partial charge in [0, 0.05) is 18.3 Å². The normalized spacial score (nSPS) is 11.9. The van der Waals surface area contributed by atoms with Gasteiger partial charge in [-0.05, 0) is 34.2 Å². The standard InChI is InChI=1S/C11H22O4Si/c1-7-11(12)13-8-16(6,14-9(2)3)15-10(4)5/h7,9-10H,1,8H2,2-6H3. The Labute approximate surface area is 98.8 Å². The molecule has 0 N–H and O–H groups in total. The number of rotatable bonds is 7. The maximum atomic E-state index is 11.0. The molecule has 0 fully saturated rings. The van der Waals surface area contributed by atoms with Crippen molar-refractivity contribution in [2.75, 3.05) is 6.23 Å². The van der Waals surface area contributed by atoms with Crippen molar-refractivity contribution in [2.45, 2.75) is 46.4 Å². The third-order valence-corrected chi connectivity index (χ3v) is 4.22. The van der Waals surface area contributed by atoms with Gasteiger partial charge < -0.3 is 13.6 Å². The summed E-state index contributed by atoms with van der Waals surface area (Å²) in [6.45, 7) is 13.0. The molecule has 0 aliphatic carbocycles. The van der Waals surface area contributed by atoms with Gasteiger partial charge in [-0.25, -0.2) is 4.79 Å². The average Bonchev–Trinajstić information content (AvgIpc) is 2.11. The molecule has 0 atom stereocenters. The third-order valence-electron chi connectivity index (χ3n) is 1.61.